The van der Waals surface area contributed by atoms with E-state index in [1.165, 1.54) is 24.8 Å². The summed E-state index contributed by atoms with van der Waals surface area (Å²) in [5.74, 6) is -2.02. The first kappa shape index (κ1) is 22.9. The second-order valence-corrected chi connectivity index (χ2v) is 7.28. The molecular weight excluding hydrogens is 404 g/mol. The van der Waals surface area contributed by atoms with E-state index in [1.54, 1.807) is 24.3 Å². The Morgan fingerprint density at radius 2 is 1.53 bits per heavy atom. The first-order chi connectivity index (χ1) is 14.4. The molecule has 0 heterocycles. The summed E-state index contributed by atoms with van der Waals surface area (Å²) in [6.07, 6.45) is 1.58. The molecule has 7 nitrogen and oxygen atoms in total. The molecule has 30 heavy (non-hydrogen) atoms. The summed E-state index contributed by atoms with van der Waals surface area (Å²) in [7, 11) is 0. The first-order valence-electron chi connectivity index (χ1n) is 9.16. The van der Waals surface area contributed by atoms with Gasteiger partial charge in [0, 0.05) is 24.0 Å². The molecule has 0 spiro atoms. The van der Waals surface area contributed by atoms with Gasteiger partial charge in [0.05, 0.1) is 0 Å². The third-order valence-corrected chi connectivity index (χ3v) is 4.61. The third kappa shape index (κ3) is 8.74. The summed E-state index contributed by atoms with van der Waals surface area (Å²) in [4.78, 5) is 48.3. The van der Waals surface area contributed by atoms with Crippen molar-refractivity contribution in [3.05, 3.63) is 71.9 Å². The molecule has 0 radical (unpaired) electrons. The number of hydrogen-bond donors (Lipinski definition) is 2. The lowest BCUT2D eigenvalue weighted by molar-refractivity contribution is -0.146. The van der Waals surface area contributed by atoms with E-state index >= 15 is 0 Å². The summed E-state index contributed by atoms with van der Waals surface area (Å²) in [6, 6.07) is 18.4. The largest absolute Gasteiger partial charge is 0.451 e. The number of thioether (sulfide) groups is 1. The molecule has 2 aromatic rings. The third-order valence-electron chi connectivity index (χ3n) is 3.60. The maximum absolute atomic E-state index is 12.2. The van der Waals surface area contributed by atoms with Gasteiger partial charge >= 0.3 is 5.97 Å². The van der Waals surface area contributed by atoms with E-state index in [9.17, 15) is 19.2 Å². The number of hydrogen-bond acceptors (Lipinski definition) is 6. The molecule has 0 aliphatic heterocycles. The highest BCUT2D eigenvalue weighted by Gasteiger charge is 2.16. The molecule has 2 rings (SSSR count). The lowest BCUT2D eigenvalue weighted by atomic mass is 10.2. The Kier molecular flexibility index (Phi) is 9.33. The number of carbonyl (C=O) groups is 4. The van der Waals surface area contributed by atoms with Gasteiger partial charge in [-0.25, -0.2) is 4.79 Å². The maximum Gasteiger partial charge on any atom is 0.355 e. The molecule has 0 fully saturated rings. The average Bonchev–Trinajstić information content (AvgIpc) is 2.72. The molecule has 8 heteroatoms. The van der Waals surface area contributed by atoms with Gasteiger partial charge in [0.15, 0.2) is 6.61 Å². The summed E-state index contributed by atoms with van der Waals surface area (Å²) in [6.45, 7) is 0.618. The van der Waals surface area contributed by atoms with Crippen LogP contribution >= 0.6 is 11.8 Å². The number of esters is 1. The van der Waals surface area contributed by atoms with Gasteiger partial charge in [-0.3, -0.25) is 19.7 Å². The summed E-state index contributed by atoms with van der Waals surface area (Å²) in [5.41, 5.74) is 0.570. The summed E-state index contributed by atoms with van der Waals surface area (Å²) < 4.78 is 4.92. The number of imide groups is 1. The van der Waals surface area contributed by atoms with Crippen LogP contribution in [0.3, 0.4) is 0 Å². The SMILES string of the molecule is CC(=O)N/C(=C\c1ccccc1)C(=O)OCC(=O)NC(=O)CCSc1ccccc1. The Hall–Kier alpha value is -3.39. The van der Waals surface area contributed by atoms with Crippen LogP contribution in [0.15, 0.2) is 71.3 Å². The minimum absolute atomic E-state index is 0.105. The van der Waals surface area contributed by atoms with E-state index in [2.05, 4.69) is 10.6 Å². The standard InChI is InChI=1S/C22H22N2O5S/c1-16(25)23-19(14-17-8-4-2-5-9-17)22(28)29-15-21(27)24-20(26)12-13-30-18-10-6-3-7-11-18/h2-11,14H,12-13,15H2,1H3,(H,23,25)(H,24,26,27)/b19-14-. The van der Waals surface area contributed by atoms with E-state index in [0.29, 0.717) is 11.3 Å². The smallest absolute Gasteiger partial charge is 0.355 e. The lowest BCUT2D eigenvalue weighted by Gasteiger charge is -2.09. The van der Waals surface area contributed by atoms with Crippen LogP contribution in [0.25, 0.3) is 6.08 Å². The van der Waals surface area contributed by atoms with Crippen LogP contribution in [0.2, 0.25) is 0 Å². The molecule has 0 aliphatic carbocycles. The highest BCUT2D eigenvalue weighted by Crippen LogP contribution is 2.17. The van der Waals surface area contributed by atoms with Crippen molar-refractivity contribution in [2.45, 2.75) is 18.2 Å². The zero-order chi connectivity index (χ0) is 21.8. The van der Waals surface area contributed by atoms with Crippen molar-refractivity contribution >= 4 is 41.5 Å². The Morgan fingerprint density at radius 3 is 2.17 bits per heavy atom. The second-order valence-electron chi connectivity index (χ2n) is 6.11. The van der Waals surface area contributed by atoms with Crippen LogP contribution < -0.4 is 10.6 Å². The van der Waals surface area contributed by atoms with Gasteiger partial charge in [-0.05, 0) is 23.8 Å². The fourth-order valence-electron chi connectivity index (χ4n) is 2.29. The van der Waals surface area contributed by atoms with Crippen LogP contribution in [-0.4, -0.2) is 36.1 Å². The second kappa shape index (κ2) is 12.2. The van der Waals surface area contributed by atoms with Gasteiger partial charge in [-0.2, -0.15) is 0 Å². The number of nitrogens with one attached hydrogen (secondary N) is 2. The van der Waals surface area contributed by atoms with Crippen molar-refractivity contribution in [1.82, 2.24) is 10.6 Å². The summed E-state index contributed by atoms with van der Waals surface area (Å²) >= 11 is 1.50. The van der Waals surface area contributed by atoms with Gasteiger partial charge in [-0.15, -0.1) is 11.8 Å². The Balaban J connectivity index is 1.79. The molecule has 0 saturated carbocycles. The average molecular weight is 426 g/mol. The van der Waals surface area contributed by atoms with Crippen LogP contribution in [0.5, 0.6) is 0 Å². The predicted molar refractivity (Wildman–Crippen MR) is 114 cm³/mol. The van der Waals surface area contributed by atoms with Crippen molar-refractivity contribution in [3.8, 4) is 0 Å². The van der Waals surface area contributed by atoms with E-state index in [4.69, 9.17) is 4.74 Å². The molecular formula is C22H22N2O5S. The molecule has 156 valence electrons. The van der Waals surface area contributed by atoms with Crippen LogP contribution in [0.1, 0.15) is 18.9 Å². The number of rotatable bonds is 9. The molecule has 0 atom stereocenters. The zero-order valence-corrected chi connectivity index (χ0v) is 17.2. The molecule has 0 bridgehead atoms. The minimum atomic E-state index is -0.878. The van der Waals surface area contributed by atoms with Crippen molar-refractivity contribution < 1.29 is 23.9 Å². The minimum Gasteiger partial charge on any atom is -0.451 e. The fourth-order valence-corrected chi connectivity index (χ4v) is 3.17. The number of benzene rings is 2. The van der Waals surface area contributed by atoms with Crippen molar-refractivity contribution in [3.63, 3.8) is 0 Å². The number of carbonyl (C=O) groups excluding carboxylic acids is 4. The molecule has 3 amide bonds. The molecule has 2 aromatic carbocycles. The van der Waals surface area contributed by atoms with Gasteiger partial charge in [-0.1, -0.05) is 48.5 Å². The van der Waals surface area contributed by atoms with Gasteiger partial charge in [0.1, 0.15) is 5.70 Å². The van der Waals surface area contributed by atoms with Gasteiger partial charge in [0.2, 0.25) is 11.8 Å². The van der Waals surface area contributed by atoms with E-state index in [1.807, 2.05) is 36.4 Å². The monoisotopic (exact) mass is 426 g/mol. The van der Waals surface area contributed by atoms with Crippen LogP contribution in [0, 0.1) is 0 Å². The zero-order valence-electron chi connectivity index (χ0n) is 16.4. The topological polar surface area (TPSA) is 102 Å². The highest BCUT2D eigenvalue weighted by molar-refractivity contribution is 7.99. The Labute approximate surface area is 178 Å². The molecule has 0 aromatic heterocycles. The van der Waals surface area contributed by atoms with Crippen molar-refractivity contribution in [2.75, 3.05) is 12.4 Å². The molecule has 0 unspecified atom stereocenters. The van der Waals surface area contributed by atoms with E-state index in [0.717, 1.165) is 4.90 Å². The van der Waals surface area contributed by atoms with Crippen molar-refractivity contribution in [2.24, 2.45) is 0 Å². The summed E-state index contributed by atoms with van der Waals surface area (Å²) in [5, 5.41) is 4.56. The first-order valence-corrected chi connectivity index (χ1v) is 10.1. The normalized spacial score (nSPS) is 10.8. The quantitative estimate of drug-likeness (QED) is 0.363. The number of amides is 3. The van der Waals surface area contributed by atoms with Gasteiger partial charge in [0.25, 0.3) is 5.91 Å². The molecule has 0 aliphatic rings. The number of ether oxygens (including phenoxy) is 1. The van der Waals surface area contributed by atoms with Gasteiger partial charge < -0.3 is 10.1 Å². The Bertz CT molecular complexity index is 914. The predicted octanol–water partition coefficient (Wildman–Crippen LogP) is 2.53. The molecule has 2 N–H and O–H groups in total. The highest BCUT2D eigenvalue weighted by atomic mass is 32.2. The lowest BCUT2D eigenvalue weighted by Crippen LogP contribution is -2.35. The van der Waals surface area contributed by atoms with E-state index < -0.39 is 30.3 Å². The maximum atomic E-state index is 12.2. The van der Waals surface area contributed by atoms with Crippen LogP contribution in [0.4, 0.5) is 0 Å². The molecule has 0 saturated heterocycles. The van der Waals surface area contributed by atoms with E-state index in [-0.39, 0.29) is 12.1 Å². The van der Waals surface area contributed by atoms with Crippen LogP contribution in [-0.2, 0) is 23.9 Å². The van der Waals surface area contributed by atoms with Crippen molar-refractivity contribution in [1.29, 1.82) is 0 Å². The fraction of sp³-hybridized carbons (Fsp3) is 0.182. The Morgan fingerprint density at radius 1 is 0.900 bits per heavy atom.